The molecule has 2 aromatic carbocycles. The van der Waals surface area contributed by atoms with E-state index in [-0.39, 0.29) is 11.3 Å². The molecule has 0 aliphatic heterocycles. The maximum absolute atomic E-state index is 12.7. The van der Waals surface area contributed by atoms with Crippen LogP contribution in [0, 0.1) is 0 Å². The molecular formula is C22H29NO2S. The van der Waals surface area contributed by atoms with E-state index in [2.05, 4.69) is 32.9 Å². The Labute approximate surface area is 159 Å². The summed E-state index contributed by atoms with van der Waals surface area (Å²) in [6.07, 6.45) is 0. The summed E-state index contributed by atoms with van der Waals surface area (Å²) in [5, 5.41) is -0.522. The largest absolute Gasteiger partial charge is 0.340 e. The van der Waals surface area contributed by atoms with Crippen LogP contribution in [-0.4, -0.2) is 27.3 Å². The van der Waals surface area contributed by atoms with E-state index < -0.39 is 16.0 Å². The average molecular weight is 372 g/mol. The zero-order valence-electron chi connectivity index (χ0n) is 16.4. The number of hydrogen-bond acceptors (Lipinski definition) is 2. The third kappa shape index (κ3) is 5.53. The van der Waals surface area contributed by atoms with E-state index in [0.717, 1.165) is 11.1 Å². The van der Waals surface area contributed by atoms with Gasteiger partial charge in [0.15, 0.2) is 0 Å². The molecule has 0 N–H and O–H groups in total. The van der Waals surface area contributed by atoms with Crippen LogP contribution in [0.5, 0.6) is 0 Å². The second kappa shape index (κ2) is 8.63. The Hall–Kier alpha value is -1.94. The topological polar surface area (TPSA) is 37.4 Å². The summed E-state index contributed by atoms with van der Waals surface area (Å²) in [4.78, 5) is 14.3. The lowest BCUT2D eigenvalue weighted by Gasteiger charge is -2.22. The van der Waals surface area contributed by atoms with Gasteiger partial charge in [0.05, 0.1) is 0 Å². The number of carbonyl (C=O) groups excluding carboxylic acids is 1. The molecule has 0 aliphatic rings. The van der Waals surface area contributed by atoms with Crippen LogP contribution in [0.25, 0.3) is 0 Å². The Morgan fingerprint density at radius 1 is 1.00 bits per heavy atom. The molecule has 26 heavy (non-hydrogen) atoms. The lowest BCUT2D eigenvalue weighted by molar-refractivity contribution is -0.129. The summed E-state index contributed by atoms with van der Waals surface area (Å²) in [6.45, 7) is 8.79. The molecular weight excluding hydrogens is 342 g/mol. The molecule has 0 saturated carbocycles. The number of hydrogen-bond donors (Lipinski definition) is 0. The zero-order valence-corrected chi connectivity index (χ0v) is 17.2. The molecule has 0 aliphatic carbocycles. The van der Waals surface area contributed by atoms with Gasteiger partial charge in [-0.2, -0.15) is 0 Å². The standard InChI is InChI=1S/C22H29NO2S/c1-17(21(24)23(5)15-18-9-7-6-8-10-18)26(25)16-19-11-13-20(14-12-19)22(2,3)4/h6-14,17H,15-16H2,1-5H3. The first-order valence-electron chi connectivity index (χ1n) is 8.94. The Bertz CT molecular complexity index is 748. The van der Waals surface area contributed by atoms with Crippen LogP contribution in [0.1, 0.15) is 44.4 Å². The molecule has 1 amide bonds. The van der Waals surface area contributed by atoms with Crippen molar-refractivity contribution < 1.29 is 9.00 Å². The van der Waals surface area contributed by atoms with Crippen LogP contribution in [0.15, 0.2) is 54.6 Å². The number of benzene rings is 2. The average Bonchev–Trinajstić information content (AvgIpc) is 2.61. The fourth-order valence-electron chi connectivity index (χ4n) is 2.75. The minimum Gasteiger partial charge on any atom is -0.340 e. The molecule has 0 fully saturated rings. The maximum atomic E-state index is 12.7. The van der Waals surface area contributed by atoms with Gasteiger partial charge in [0.1, 0.15) is 5.25 Å². The summed E-state index contributed by atoms with van der Waals surface area (Å²) in [6, 6.07) is 18.0. The third-order valence-electron chi connectivity index (χ3n) is 4.51. The summed E-state index contributed by atoms with van der Waals surface area (Å²) >= 11 is 0. The van der Waals surface area contributed by atoms with E-state index in [0.29, 0.717) is 12.3 Å². The van der Waals surface area contributed by atoms with Gasteiger partial charge in [-0.05, 0) is 29.0 Å². The summed E-state index contributed by atoms with van der Waals surface area (Å²) in [5.41, 5.74) is 3.42. The highest BCUT2D eigenvalue weighted by Crippen LogP contribution is 2.22. The Kier molecular flexibility index (Phi) is 6.76. The first-order chi connectivity index (χ1) is 12.2. The van der Waals surface area contributed by atoms with Crippen LogP contribution < -0.4 is 0 Å². The molecule has 0 heterocycles. The summed E-state index contributed by atoms with van der Waals surface area (Å²) < 4.78 is 12.7. The van der Waals surface area contributed by atoms with Gasteiger partial charge in [0.25, 0.3) is 0 Å². The smallest absolute Gasteiger partial charge is 0.238 e. The van der Waals surface area contributed by atoms with Gasteiger partial charge in [0, 0.05) is 30.1 Å². The number of carbonyl (C=O) groups is 1. The minimum absolute atomic E-state index is 0.0847. The second-order valence-corrected chi connectivity index (χ2v) is 9.55. The third-order valence-corrected chi connectivity index (χ3v) is 6.12. The lowest BCUT2D eigenvalue weighted by Crippen LogP contribution is -2.37. The van der Waals surface area contributed by atoms with Crippen molar-refractivity contribution in [3.63, 3.8) is 0 Å². The minimum atomic E-state index is -1.24. The van der Waals surface area contributed by atoms with E-state index in [9.17, 15) is 9.00 Å². The molecule has 140 valence electrons. The fraction of sp³-hybridized carbons (Fsp3) is 0.409. The van der Waals surface area contributed by atoms with Crippen molar-refractivity contribution in [1.29, 1.82) is 0 Å². The first kappa shape index (κ1) is 20.4. The van der Waals surface area contributed by atoms with Crippen LogP contribution in [-0.2, 0) is 33.3 Å². The van der Waals surface area contributed by atoms with Gasteiger partial charge in [-0.1, -0.05) is 75.4 Å². The highest BCUT2D eigenvalue weighted by atomic mass is 32.2. The van der Waals surface area contributed by atoms with Crippen molar-refractivity contribution in [1.82, 2.24) is 4.90 Å². The fourth-order valence-corrected chi connectivity index (χ4v) is 3.92. The molecule has 0 radical (unpaired) electrons. The van der Waals surface area contributed by atoms with Crippen LogP contribution in [0.4, 0.5) is 0 Å². The molecule has 4 heteroatoms. The highest BCUT2D eigenvalue weighted by Gasteiger charge is 2.23. The molecule has 0 bridgehead atoms. The molecule has 2 rings (SSSR count). The molecule has 0 saturated heterocycles. The zero-order chi connectivity index (χ0) is 19.3. The predicted octanol–water partition coefficient (Wildman–Crippen LogP) is 4.28. The molecule has 0 aromatic heterocycles. The molecule has 3 nitrogen and oxygen atoms in total. The monoisotopic (exact) mass is 371 g/mol. The van der Waals surface area contributed by atoms with Gasteiger partial charge in [0.2, 0.25) is 5.91 Å². The van der Waals surface area contributed by atoms with E-state index in [4.69, 9.17) is 0 Å². The molecule has 0 spiro atoms. The Morgan fingerprint density at radius 2 is 1.58 bits per heavy atom. The number of amides is 1. The van der Waals surface area contributed by atoms with E-state index >= 15 is 0 Å². The Balaban J connectivity index is 1.96. The number of rotatable bonds is 6. The first-order valence-corrected chi connectivity index (χ1v) is 10.3. The van der Waals surface area contributed by atoms with Gasteiger partial charge in [-0.25, -0.2) is 0 Å². The summed E-state index contributed by atoms with van der Waals surface area (Å²) in [5.74, 6) is 0.315. The predicted molar refractivity (Wildman–Crippen MR) is 109 cm³/mol. The lowest BCUT2D eigenvalue weighted by atomic mass is 9.87. The second-order valence-electron chi connectivity index (χ2n) is 7.79. The van der Waals surface area contributed by atoms with Gasteiger partial charge >= 0.3 is 0 Å². The molecule has 2 atom stereocenters. The van der Waals surface area contributed by atoms with Crippen LogP contribution in [0.2, 0.25) is 0 Å². The maximum Gasteiger partial charge on any atom is 0.238 e. The van der Waals surface area contributed by atoms with Crippen molar-refractivity contribution in [2.24, 2.45) is 0 Å². The SMILES string of the molecule is CC(C(=O)N(C)Cc1ccccc1)S(=O)Cc1ccc(C(C)(C)C)cc1. The van der Waals surface area contributed by atoms with Crippen molar-refractivity contribution >= 4 is 16.7 Å². The van der Waals surface area contributed by atoms with E-state index in [1.54, 1.807) is 18.9 Å². The van der Waals surface area contributed by atoms with Crippen molar-refractivity contribution in [3.05, 3.63) is 71.3 Å². The van der Waals surface area contributed by atoms with Crippen molar-refractivity contribution in [3.8, 4) is 0 Å². The van der Waals surface area contributed by atoms with Gasteiger partial charge in [-0.3, -0.25) is 9.00 Å². The number of nitrogens with zero attached hydrogens (tertiary/aromatic N) is 1. The molecule has 2 unspecified atom stereocenters. The Morgan fingerprint density at radius 3 is 2.12 bits per heavy atom. The highest BCUT2D eigenvalue weighted by molar-refractivity contribution is 7.85. The van der Waals surface area contributed by atoms with Crippen LogP contribution >= 0.6 is 0 Å². The quantitative estimate of drug-likeness (QED) is 0.760. The van der Waals surface area contributed by atoms with Crippen molar-refractivity contribution in [2.45, 2.75) is 50.7 Å². The van der Waals surface area contributed by atoms with Crippen molar-refractivity contribution in [2.75, 3.05) is 7.05 Å². The van der Waals surface area contributed by atoms with Gasteiger partial charge < -0.3 is 4.90 Å². The van der Waals surface area contributed by atoms with E-state index in [1.165, 1.54) is 5.56 Å². The van der Waals surface area contributed by atoms with Crippen LogP contribution in [0.3, 0.4) is 0 Å². The van der Waals surface area contributed by atoms with E-state index in [1.807, 2.05) is 42.5 Å². The van der Waals surface area contributed by atoms with Gasteiger partial charge in [-0.15, -0.1) is 0 Å². The molecule has 2 aromatic rings. The normalized spacial score (nSPS) is 13.9. The summed E-state index contributed by atoms with van der Waals surface area (Å²) in [7, 11) is 0.522.